The number of ether oxygens (including phenoxy) is 2. The molecule has 4 rings (SSSR count). The third kappa shape index (κ3) is 3.55. The SMILES string of the molecule is C=CCn1c([O-])c(C2c3cccc(OC)c3Oc3[nH]c(=O)n(CC=C)c(=O)c32)c(=O)[nH]c1=O.[NH4+]. The highest BCUT2D eigenvalue weighted by Crippen LogP contribution is 2.48. The number of H-pyrrole nitrogens is 2. The fourth-order valence-corrected chi connectivity index (χ4v) is 3.90. The molecule has 2 aromatic heterocycles. The fraction of sp³-hybridized carbons (Fsp3) is 0.182. The second kappa shape index (κ2) is 9.11. The third-order valence-corrected chi connectivity index (χ3v) is 5.32. The molecule has 1 aliphatic rings. The molecule has 0 amide bonds. The summed E-state index contributed by atoms with van der Waals surface area (Å²) in [5, 5.41) is 13.3. The molecule has 0 saturated heterocycles. The average molecular weight is 469 g/mol. The number of rotatable bonds is 6. The molecule has 3 aromatic rings. The van der Waals surface area contributed by atoms with Crippen molar-refractivity contribution in [2.45, 2.75) is 19.0 Å². The lowest BCUT2D eigenvalue weighted by atomic mass is 9.84. The minimum absolute atomic E-state index is 0. The Bertz CT molecular complexity index is 1520. The van der Waals surface area contributed by atoms with Gasteiger partial charge in [0.05, 0.1) is 18.6 Å². The van der Waals surface area contributed by atoms with Crippen molar-refractivity contribution in [3.05, 3.63) is 102 Å². The Morgan fingerprint density at radius 1 is 1.06 bits per heavy atom. The summed E-state index contributed by atoms with van der Waals surface area (Å²) in [4.78, 5) is 55.6. The van der Waals surface area contributed by atoms with Crippen LogP contribution in [0.15, 0.2) is 62.7 Å². The zero-order valence-corrected chi connectivity index (χ0v) is 18.5. The maximum absolute atomic E-state index is 13.4. The standard InChI is InChI=1S/C22H20N4O7.H3N/c1-4-9-25-19(28)14(17(27)23-21(25)30)13-11-7-6-8-12(32-3)16(11)33-18-15(13)20(29)26(10-5-2)22(31)24-18;/h4-8,13,28H,1-2,9-10H2,3H3,(H,24,31)(H,23,27,30);1H3. The van der Waals surface area contributed by atoms with Gasteiger partial charge >= 0.3 is 11.4 Å². The number of hydrogen-bond acceptors (Lipinski definition) is 7. The van der Waals surface area contributed by atoms with Crippen LogP contribution in [-0.2, 0) is 13.1 Å². The average Bonchev–Trinajstić information content (AvgIpc) is 2.78. The van der Waals surface area contributed by atoms with Crippen LogP contribution in [0.2, 0.25) is 0 Å². The number of para-hydroxylation sites is 1. The van der Waals surface area contributed by atoms with E-state index >= 15 is 0 Å². The molecule has 0 spiro atoms. The van der Waals surface area contributed by atoms with Crippen LogP contribution in [-0.4, -0.2) is 26.2 Å². The van der Waals surface area contributed by atoms with Crippen molar-refractivity contribution in [3.63, 3.8) is 0 Å². The van der Waals surface area contributed by atoms with Gasteiger partial charge in [-0.25, -0.2) is 9.59 Å². The Balaban J connectivity index is 0.00000324. The van der Waals surface area contributed by atoms with Gasteiger partial charge in [-0.3, -0.25) is 24.1 Å². The van der Waals surface area contributed by atoms with Crippen molar-refractivity contribution in [1.82, 2.24) is 25.3 Å². The molecule has 0 saturated carbocycles. The van der Waals surface area contributed by atoms with Gasteiger partial charge < -0.3 is 25.3 Å². The number of methoxy groups -OCH3 is 1. The van der Waals surface area contributed by atoms with Gasteiger partial charge in [-0.2, -0.15) is 0 Å². The quantitative estimate of drug-likeness (QED) is 0.343. The van der Waals surface area contributed by atoms with E-state index in [1.807, 2.05) is 0 Å². The summed E-state index contributed by atoms with van der Waals surface area (Å²) in [7, 11) is 1.39. The van der Waals surface area contributed by atoms with Crippen molar-refractivity contribution < 1.29 is 14.6 Å². The van der Waals surface area contributed by atoms with Gasteiger partial charge in [0.25, 0.3) is 11.1 Å². The molecule has 12 nitrogen and oxygen atoms in total. The Morgan fingerprint density at radius 2 is 1.71 bits per heavy atom. The van der Waals surface area contributed by atoms with Crippen LogP contribution in [0, 0.1) is 0 Å². The van der Waals surface area contributed by atoms with E-state index < -0.39 is 34.3 Å². The van der Waals surface area contributed by atoms with Crippen LogP contribution in [0.3, 0.4) is 0 Å². The predicted molar refractivity (Wildman–Crippen MR) is 122 cm³/mol. The Kier molecular flexibility index (Phi) is 6.45. The third-order valence-electron chi connectivity index (χ3n) is 5.32. The molecule has 1 aromatic carbocycles. The minimum atomic E-state index is -1.26. The van der Waals surface area contributed by atoms with E-state index in [-0.39, 0.29) is 53.3 Å². The number of hydrogen-bond donors (Lipinski definition) is 3. The number of aromatic nitrogens is 4. The van der Waals surface area contributed by atoms with Crippen molar-refractivity contribution in [3.8, 4) is 23.3 Å². The monoisotopic (exact) mass is 469 g/mol. The number of quaternary nitrogens is 1. The van der Waals surface area contributed by atoms with Gasteiger partial charge in [0.1, 0.15) is 0 Å². The highest BCUT2D eigenvalue weighted by atomic mass is 16.5. The first-order valence-electron chi connectivity index (χ1n) is 9.81. The van der Waals surface area contributed by atoms with Gasteiger partial charge in [-0.15, -0.1) is 13.2 Å². The number of fused-ring (bicyclic) bond motifs is 2. The van der Waals surface area contributed by atoms with E-state index in [1.165, 1.54) is 19.3 Å². The van der Waals surface area contributed by atoms with Crippen molar-refractivity contribution in [2.75, 3.05) is 7.11 Å². The molecule has 34 heavy (non-hydrogen) atoms. The summed E-state index contributed by atoms with van der Waals surface area (Å²) >= 11 is 0. The maximum atomic E-state index is 13.4. The summed E-state index contributed by atoms with van der Waals surface area (Å²) in [5.74, 6) is -2.01. The lowest BCUT2D eigenvalue weighted by Crippen LogP contribution is -2.41. The molecular weight excluding hydrogens is 446 g/mol. The second-order valence-electron chi connectivity index (χ2n) is 7.17. The fourth-order valence-electron chi connectivity index (χ4n) is 3.90. The molecule has 1 aliphatic heterocycles. The number of aromatic amines is 2. The van der Waals surface area contributed by atoms with Crippen LogP contribution in [0.4, 0.5) is 0 Å². The van der Waals surface area contributed by atoms with E-state index in [0.717, 1.165) is 9.13 Å². The van der Waals surface area contributed by atoms with Gasteiger partial charge in [0.15, 0.2) is 11.5 Å². The Morgan fingerprint density at radius 3 is 2.35 bits per heavy atom. The summed E-state index contributed by atoms with van der Waals surface area (Å²) in [6, 6.07) is 4.75. The molecule has 178 valence electrons. The van der Waals surface area contributed by atoms with E-state index in [1.54, 1.807) is 18.2 Å². The Labute approximate surface area is 191 Å². The highest BCUT2D eigenvalue weighted by Gasteiger charge is 2.37. The van der Waals surface area contributed by atoms with Crippen LogP contribution < -0.4 is 43.2 Å². The second-order valence-corrected chi connectivity index (χ2v) is 7.17. The first-order chi connectivity index (χ1) is 15.8. The van der Waals surface area contributed by atoms with Crippen LogP contribution in [0.25, 0.3) is 0 Å². The summed E-state index contributed by atoms with van der Waals surface area (Å²) in [5.41, 5.74) is -3.64. The molecule has 1 unspecified atom stereocenters. The van der Waals surface area contributed by atoms with Gasteiger partial charge in [-0.05, 0) is 11.9 Å². The number of benzene rings is 1. The lowest BCUT2D eigenvalue weighted by Gasteiger charge is -2.31. The smallest absolute Gasteiger partial charge is 0.331 e. The summed E-state index contributed by atoms with van der Waals surface area (Å²) < 4.78 is 12.8. The largest absolute Gasteiger partial charge is 0.860 e. The molecule has 3 heterocycles. The molecule has 12 heteroatoms. The highest BCUT2D eigenvalue weighted by molar-refractivity contribution is 5.61. The molecule has 6 N–H and O–H groups in total. The van der Waals surface area contributed by atoms with Crippen LogP contribution >= 0.6 is 0 Å². The molecule has 0 fully saturated rings. The normalized spacial score (nSPS) is 13.6. The lowest BCUT2D eigenvalue weighted by molar-refractivity contribution is -0.281. The molecule has 0 bridgehead atoms. The maximum Gasteiger partial charge on any atom is 0.331 e. The first kappa shape index (κ1) is 24.1. The van der Waals surface area contributed by atoms with Crippen molar-refractivity contribution in [2.24, 2.45) is 0 Å². The molecular formula is C22H23N5O7. The molecule has 1 atom stereocenters. The number of nitrogens with one attached hydrogen (secondary N) is 2. The van der Waals surface area contributed by atoms with Crippen LogP contribution in [0.5, 0.6) is 23.3 Å². The minimum Gasteiger partial charge on any atom is -0.860 e. The molecule has 0 aliphatic carbocycles. The van der Waals surface area contributed by atoms with E-state index in [0.29, 0.717) is 0 Å². The zero-order chi connectivity index (χ0) is 23.9. The van der Waals surface area contributed by atoms with E-state index in [2.05, 4.69) is 23.1 Å². The van der Waals surface area contributed by atoms with E-state index in [4.69, 9.17) is 9.47 Å². The molecule has 0 radical (unpaired) electrons. The van der Waals surface area contributed by atoms with Gasteiger partial charge in [-0.1, -0.05) is 24.3 Å². The summed E-state index contributed by atoms with van der Waals surface area (Å²) in [6.45, 7) is 6.79. The zero-order valence-electron chi connectivity index (χ0n) is 18.5. The summed E-state index contributed by atoms with van der Waals surface area (Å²) in [6.07, 6.45) is 2.68. The van der Waals surface area contributed by atoms with Gasteiger partial charge in [0, 0.05) is 24.2 Å². The van der Waals surface area contributed by atoms with Gasteiger partial charge in [0.2, 0.25) is 5.88 Å². The van der Waals surface area contributed by atoms with Crippen molar-refractivity contribution in [1.29, 1.82) is 0 Å². The Hall–Kier alpha value is -4.58. The van der Waals surface area contributed by atoms with Crippen molar-refractivity contribution >= 4 is 0 Å². The topological polar surface area (TPSA) is 188 Å². The number of allylic oxidation sites excluding steroid dienone is 2. The predicted octanol–water partition coefficient (Wildman–Crippen LogP) is 0.503. The first-order valence-corrected chi connectivity index (χ1v) is 9.81. The van der Waals surface area contributed by atoms with Crippen LogP contribution in [0.1, 0.15) is 22.6 Å². The number of nitrogens with zero attached hydrogens (tertiary/aromatic N) is 2. The van der Waals surface area contributed by atoms with E-state index in [9.17, 15) is 24.3 Å².